The fraction of sp³-hybridized carbons (Fsp3) is 0.690. The van der Waals surface area contributed by atoms with Gasteiger partial charge in [0.15, 0.2) is 16.8 Å². The summed E-state index contributed by atoms with van der Waals surface area (Å²) < 4.78 is 40.4. The highest BCUT2D eigenvalue weighted by Gasteiger charge is 2.56. The largest absolute Gasteiger partial charge is 0.443 e. The standard InChI is InChI=1S/C29H45F2N3O4SSi/c1-20-28(5,21-13-12-14-22(30)23(21)31)32-25(39-29(20,6)24(35)33-15-10-11-16-33)34(26(36)38-27(2,3)4)19-37-17-18-40(7,8)9/h12-14,20H,10-11,15-19H2,1-9H3/t20?,28-,29-/m0/s1. The van der Waals surface area contributed by atoms with Crippen LogP contribution in [0.3, 0.4) is 0 Å². The van der Waals surface area contributed by atoms with Crippen LogP contribution in [-0.2, 0) is 19.8 Å². The monoisotopic (exact) mass is 597 g/mol. The molecule has 2 heterocycles. The number of thioether (sulfide) groups is 1. The molecule has 224 valence electrons. The molecule has 0 N–H and O–H groups in total. The zero-order valence-electron chi connectivity index (χ0n) is 25.4. The van der Waals surface area contributed by atoms with E-state index in [2.05, 4.69) is 19.6 Å². The van der Waals surface area contributed by atoms with Gasteiger partial charge in [0.2, 0.25) is 5.91 Å². The number of likely N-dealkylation sites (tertiary alicyclic amines) is 1. The van der Waals surface area contributed by atoms with Gasteiger partial charge >= 0.3 is 6.09 Å². The number of rotatable bonds is 7. The molecule has 0 aromatic heterocycles. The van der Waals surface area contributed by atoms with Crippen LogP contribution >= 0.6 is 11.8 Å². The molecule has 0 bridgehead atoms. The van der Waals surface area contributed by atoms with Crippen molar-refractivity contribution in [2.75, 3.05) is 26.4 Å². The molecule has 3 rings (SSSR count). The summed E-state index contributed by atoms with van der Waals surface area (Å²) in [5.41, 5.74) is -2.13. The van der Waals surface area contributed by atoms with Gasteiger partial charge in [-0.2, -0.15) is 0 Å². The number of benzene rings is 1. The Labute approximate surface area is 243 Å². The highest BCUT2D eigenvalue weighted by molar-refractivity contribution is 8.15. The van der Waals surface area contributed by atoms with Crippen molar-refractivity contribution in [1.82, 2.24) is 9.80 Å². The number of halogens is 2. The van der Waals surface area contributed by atoms with E-state index in [1.54, 1.807) is 27.7 Å². The van der Waals surface area contributed by atoms with Crippen LogP contribution in [0.15, 0.2) is 23.2 Å². The Bertz CT molecular complexity index is 1130. The van der Waals surface area contributed by atoms with Crippen LogP contribution in [-0.4, -0.2) is 71.8 Å². The molecule has 0 saturated carbocycles. The zero-order chi connectivity index (χ0) is 30.1. The van der Waals surface area contributed by atoms with Gasteiger partial charge in [-0.25, -0.2) is 18.5 Å². The molecule has 0 aliphatic carbocycles. The molecule has 1 unspecified atom stereocenters. The van der Waals surface area contributed by atoms with E-state index in [-0.39, 0.29) is 23.4 Å². The number of hydrogen-bond donors (Lipinski definition) is 0. The van der Waals surface area contributed by atoms with Crippen molar-refractivity contribution in [3.63, 3.8) is 0 Å². The van der Waals surface area contributed by atoms with Gasteiger partial charge in [-0.15, -0.1) is 0 Å². The Balaban J connectivity index is 2.13. The molecule has 11 heteroatoms. The number of nitrogens with zero attached hydrogens (tertiary/aromatic N) is 3. The quantitative estimate of drug-likeness (QED) is 0.195. The summed E-state index contributed by atoms with van der Waals surface area (Å²) in [6.45, 7) is 18.9. The molecule has 1 saturated heterocycles. The van der Waals surface area contributed by atoms with Gasteiger partial charge in [0.1, 0.15) is 17.1 Å². The minimum Gasteiger partial charge on any atom is -0.443 e. The van der Waals surface area contributed by atoms with Crippen molar-refractivity contribution >= 4 is 37.0 Å². The number of amides is 2. The summed E-state index contributed by atoms with van der Waals surface area (Å²) in [4.78, 5) is 35.6. The van der Waals surface area contributed by atoms with E-state index in [1.165, 1.54) is 28.8 Å². The fourth-order valence-electron chi connectivity index (χ4n) is 4.94. The first-order valence-electron chi connectivity index (χ1n) is 14.0. The van der Waals surface area contributed by atoms with E-state index in [9.17, 15) is 14.0 Å². The van der Waals surface area contributed by atoms with Gasteiger partial charge in [-0.3, -0.25) is 9.79 Å². The molecule has 2 amide bonds. The lowest BCUT2D eigenvalue weighted by molar-refractivity contribution is -0.134. The highest BCUT2D eigenvalue weighted by Crippen LogP contribution is 2.52. The summed E-state index contributed by atoms with van der Waals surface area (Å²) >= 11 is 1.17. The molecule has 2 aliphatic heterocycles. The Morgan fingerprint density at radius 1 is 1.18 bits per heavy atom. The van der Waals surface area contributed by atoms with E-state index >= 15 is 4.39 Å². The normalized spacial score (nSPS) is 25.5. The third-order valence-corrected chi connectivity index (χ3v) is 10.8. The van der Waals surface area contributed by atoms with Crippen molar-refractivity contribution in [3.05, 3.63) is 35.4 Å². The molecular weight excluding hydrogens is 552 g/mol. The third kappa shape index (κ3) is 7.26. The van der Waals surface area contributed by atoms with E-state index in [0.717, 1.165) is 25.0 Å². The van der Waals surface area contributed by atoms with Crippen LogP contribution in [0.2, 0.25) is 25.7 Å². The number of aliphatic imine (C=N–C) groups is 1. The van der Waals surface area contributed by atoms with E-state index in [1.807, 2.05) is 18.7 Å². The smallest absolute Gasteiger partial charge is 0.418 e. The molecular formula is C29H45F2N3O4SSi. The summed E-state index contributed by atoms with van der Waals surface area (Å²) in [7, 11) is -1.40. The van der Waals surface area contributed by atoms with Gasteiger partial charge in [0.25, 0.3) is 0 Å². The molecule has 7 nitrogen and oxygen atoms in total. The van der Waals surface area contributed by atoms with Crippen molar-refractivity contribution in [1.29, 1.82) is 0 Å². The SMILES string of the molecule is CC1[C@@](C)(C(=O)N2CCCC2)SC(N(COCC[Si](C)(C)C)C(=O)OC(C)(C)C)=N[C@]1(C)c1cccc(F)c1F. The lowest BCUT2D eigenvalue weighted by Gasteiger charge is -2.49. The first kappa shape index (κ1) is 32.5. The summed E-state index contributed by atoms with van der Waals surface area (Å²) in [6, 6.07) is 4.88. The first-order valence-corrected chi connectivity index (χ1v) is 18.5. The molecule has 1 aromatic carbocycles. The van der Waals surface area contributed by atoms with Crippen LogP contribution in [0.1, 0.15) is 59.9 Å². The summed E-state index contributed by atoms with van der Waals surface area (Å²) in [5, 5.41) is 0.182. The molecule has 0 spiro atoms. The molecule has 3 atom stereocenters. The number of ether oxygens (including phenoxy) is 2. The van der Waals surface area contributed by atoms with Gasteiger partial charge in [-0.05, 0) is 59.6 Å². The second-order valence-corrected chi connectivity index (χ2v) is 20.4. The van der Waals surface area contributed by atoms with E-state index < -0.39 is 47.6 Å². The maximum Gasteiger partial charge on any atom is 0.418 e. The lowest BCUT2D eigenvalue weighted by Crippen LogP contribution is -2.58. The predicted octanol–water partition coefficient (Wildman–Crippen LogP) is 6.85. The van der Waals surface area contributed by atoms with Gasteiger partial charge in [0.05, 0.1) is 5.54 Å². The predicted molar refractivity (Wildman–Crippen MR) is 159 cm³/mol. The Morgan fingerprint density at radius 3 is 2.38 bits per heavy atom. The molecule has 40 heavy (non-hydrogen) atoms. The van der Waals surface area contributed by atoms with Crippen LogP contribution < -0.4 is 0 Å². The molecule has 1 fully saturated rings. The van der Waals surface area contributed by atoms with Gasteiger partial charge in [-0.1, -0.05) is 50.5 Å². The molecule has 0 radical (unpaired) electrons. The van der Waals surface area contributed by atoms with Crippen molar-refractivity contribution in [2.45, 2.75) is 96.0 Å². The maximum absolute atomic E-state index is 15.4. The van der Waals surface area contributed by atoms with Crippen LogP contribution in [0.4, 0.5) is 13.6 Å². The van der Waals surface area contributed by atoms with Crippen LogP contribution in [0.5, 0.6) is 0 Å². The Kier molecular flexibility index (Phi) is 9.83. The topological polar surface area (TPSA) is 71.4 Å². The molecule has 1 aromatic rings. The Morgan fingerprint density at radius 2 is 1.80 bits per heavy atom. The van der Waals surface area contributed by atoms with E-state index in [0.29, 0.717) is 19.7 Å². The molecule has 2 aliphatic rings. The van der Waals surface area contributed by atoms with Crippen molar-refractivity contribution < 1.29 is 27.8 Å². The summed E-state index contributed by atoms with van der Waals surface area (Å²) in [5.74, 6) is -2.67. The van der Waals surface area contributed by atoms with Gasteiger partial charge < -0.3 is 14.4 Å². The van der Waals surface area contributed by atoms with Crippen molar-refractivity contribution in [2.24, 2.45) is 10.9 Å². The fourth-order valence-corrected chi connectivity index (χ4v) is 7.17. The minimum absolute atomic E-state index is 0.0297. The van der Waals surface area contributed by atoms with Crippen molar-refractivity contribution in [3.8, 4) is 0 Å². The summed E-state index contributed by atoms with van der Waals surface area (Å²) in [6.07, 6.45) is 1.14. The first-order chi connectivity index (χ1) is 18.4. The number of amidine groups is 1. The van der Waals surface area contributed by atoms with E-state index in [4.69, 9.17) is 14.5 Å². The van der Waals surface area contributed by atoms with Crippen LogP contribution in [0, 0.1) is 17.6 Å². The number of hydrogen-bond acceptors (Lipinski definition) is 6. The van der Waals surface area contributed by atoms with Gasteiger partial charge in [0, 0.05) is 39.3 Å². The average molecular weight is 598 g/mol. The zero-order valence-corrected chi connectivity index (χ0v) is 27.2. The lowest BCUT2D eigenvalue weighted by atomic mass is 9.73. The second kappa shape index (κ2) is 12.1. The highest BCUT2D eigenvalue weighted by atomic mass is 32.2. The average Bonchev–Trinajstić information content (AvgIpc) is 3.36. The Hall–Kier alpha value is -1.98. The maximum atomic E-state index is 15.4. The second-order valence-electron chi connectivity index (χ2n) is 13.3. The third-order valence-electron chi connectivity index (χ3n) is 7.68. The number of carbonyl (C=O) groups excluding carboxylic acids is 2. The number of carbonyl (C=O) groups is 2. The minimum atomic E-state index is -1.40. The van der Waals surface area contributed by atoms with Crippen LogP contribution in [0.25, 0.3) is 0 Å².